The Kier molecular flexibility index (Phi) is 8.49. The summed E-state index contributed by atoms with van der Waals surface area (Å²) in [6.45, 7) is 2.06. The number of aromatic nitrogens is 1. The number of unbranched alkanes of at least 4 members (excludes halogenated alkanes) is 1. The van der Waals surface area contributed by atoms with Gasteiger partial charge < -0.3 is 15.4 Å². The van der Waals surface area contributed by atoms with Gasteiger partial charge in [0, 0.05) is 27.9 Å². The zero-order chi connectivity index (χ0) is 22.1. The molecule has 0 unspecified atom stereocenters. The van der Waals surface area contributed by atoms with Crippen LogP contribution in [0.4, 0.5) is 10.8 Å². The molecule has 0 atom stereocenters. The predicted octanol–water partition coefficient (Wildman–Crippen LogP) is 5.68. The molecule has 0 saturated heterocycles. The molecule has 31 heavy (non-hydrogen) atoms. The third-order valence-corrected chi connectivity index (χ3v) is 6.13. The first kappa shape index (κ1) is 22.8. The van der Waals surface area contributed by atoms with Crippen molar-refractivity contribution in [2.24, 2.45) is 0 Å². The Morgan fingerprint density at radius 3 is 2.74 bits per heavy atom. The van der Waals surface area contributed by atoms with E-state index >= 15 is 0 Å². The van der Waals surface area contributed by atoms with E-state index < -0.39 is 0 Å². The van der Waals surface area contributed by atoms with Crippen LogP contribution in [-0.2, 0) is 9.59 Å². The maximum Gasteiger partial charge on any atom is 0.236 e. The molecule has 2 N–H and O–H groups in total. The molecular weight excluding hydrogens is 430 g/mol. The molecule has 1 heterocycles. The smallest absolute Gasteiger partial charge is 0.236 e. The van der Waals surface area contributed by atoms with Crippen molar-refractivity contribution < 1.29 is 14.3 Å². The van der Waals surface area contributed by atoms with E-state index in [1.54, 1.807) is 7.11 Å². The summed E-state index contributed by atoms with van der Waals surface area (Å²) >= 11 is 2.78. The zero-order valence-corrected chi connectivity index (χ0v) is 19.1. The lowest BCUT2D eigenvalue weighted by Gasteiger charge is -2.07. The topological polar surface area (TPSA) is 80.3 Å². The van der Waals surface area contributed by atoms with Gasteiger partial charge >= 0.3 is 0 Å². The number of methoxy groups -OCH3 is 1. The summed E-state index contributed by atoms with van der Waals surface area (Å²) in [6, 6.07) is 15.2. The first-order chi connectivity index (χ1) is 15.1. The number of para-hydroxylation sites is 1. The van der Waals surface area contributed by atoms with Crippen LogP contribution in [0.25, 0.3) is 11.3 Å². The second-order valence-corrected chi connectivity index (χ2v) is 8.66. The predicted molar refractivity (Wildman–Crippen MR) is 128 cm³/mol. The Balaban J connectivity index is 1.53. The minimum absolute atomic E-state index is 0.0105. The van der Waals surface area contributed by atoms with Crippen molar-refractivity contribution in [1.82, 2.24) is 4.98 Å². The van der Waals surface area contributed by atoms with Gasteiger partial charge in [0.2, 0.25) is 11.8 Å². The Labute approximate surface area is 190 Å². The van der Waals surface area contributed by atoms with E-state index in [2.05, 4.69) is 22.5 Å². The number of hydrogen-bond acceptors (Lipinski definition) is 6. The van der Waals surface area contributed by atoms with E-state index in [1.165, 1.54) is 23.1 Å². The molecule has 0 aliphatic carbocycles. The fraction of sp³-hybridized carbons (Fsp3) is 0.261. The SMILES string of the molecule is CCCCC(=O)Nc1cccc(SCC(=O)Nc2nc(-c3ccccc3OC)cs2)c1. The quantitative estimate of drug-likeness (QED) is 0.385. The average Bonchev–Trinajstić information content (AvgIpc) is 3.24. The first-order valence-electron chi connectivity index (χ1n) is 10.0. The number of nitrogens with one attached hydrogen (secondary N) is 2. The number of rotatable bonds is 10. The molecule has 0 aliphatic heterocycles. The molecule has 2 aromatic carbocycles. The van der Waals surface area contributed by atoms with Crippen molar-refractivity contribution >= 4 is 45.7 Å². The molecule has 6 nitrogen and oxygen atoms in total. The fourth-order valence-electron chi connectivity index (χ4n) is 2.84. The minimum atomic E-state index is -0.136. The summed E-state index contributed by atoms with van der Waals surface area (Å²) in [5.41, 5.74) is 2.39. The highest BCUT2D eigenvalue weighted by Gasteiger charge is 2.12. The van der Waals surface area contributed by atoms with Crippen molar-refractivity contribution in [3.8, 4) is 17.0 Å². The zero-order valence-electron chi connectivity index (χ0n) is 17.5. The molecule has 162 valence electrons. The van der Waals surface area contributed by atoms with Crippen LogP contribution in [0.3, 0.4) is 0 Å². The molecule has 3 aromatic rings. The maximum atomic E-state index is 12.4. The van der Waals surface area contributed by atoms with Crippen LogP contribution in [0.2, 0.25) is 0 Å². The van der Waals surface area contributed by atoms with Crippen LogP contribution < -0.4 is 15.4 Å². The van der Waals surface area contributed by atoms with Gasteiger partial charge in [-0.25, -0.2) is 4.98 Å². The van der Waals surface area contributed by atoms with Crippen molar-refractivity contribution in [2.45, 2.75) is 31.1 Å². The molecule has 8 heteroatoms. The van der Waals surface area contributed by atoms with Gasteiger partial charge in [-0.1, -0.05) is 31.5 Å². The number of benzene rings is 2. The maximum absolute atomic E-state index is 12.4. The normalized spacial score (nSPS) is 10.5. The number of nitrogens with zero attached hydrogens (tertiary/aromatic N) is 1. The molecule has 0 bridgehead atoms. The van der Waals surface area contributed by atoms with Crippen molar-refractivity contribution in [3.05, 3.63) is 53.9 Å². The number of thiazole rings is 1. The van der Waals surface area contributed by atoms with Gasteiger partial charge in [0.05, 0.1) is 18.6 Å². The van der Waals surface area contributed by atoms with Crippen LogP contribution in [0.1, 0.15) is 26.2 Å². The van der Waals surface area contributed by atoms with E-state index in [9.17, 15) is 9.59 Å². The Hall–Kier alpha value is -2.84. The van der Waals surface area contributed by atoms with Crippen LogP contribution in [0, 0.1) is 0 Å². The van der Waals surface area contributed by atoms with E-state index in [-0.39, 0.29) is 17.6 Å². The van der Waals surface area contributed by atoms with E-state index in [0.717, 1.165) is 40.4 Å². The van der Waals surface area contributed by atoms with Gasteiger partial charge in [0.1, 0.15) is 5.75 Å². The summed E-state index contributed by atoms with van der Waals surface area (Å²) in [5.74, 6) is 0.860. The van der Waals surface area contributed by atoms with Crippen molar-refractivity contribution in [2.75, 3.05) is 23.5 Å². The highest BCUT2D eigenvalue weighted by Crippen LogP contribution is 2.32. The number of carbonyl (C=O) groups excluding carboxylic acids is 2. The number of ether oxygens (including phenoxy) is 1. The summed E-state index contributed by atoms with van der Waals surface area (Å²) in [5, 5.41) is 8.19. The van der Waals surface area contributed by atoms with Crippen molar-refractivity contribution in [1.29, 1.82) is 0 Å². The first-order valence-corrected chi connectivity index (χ1v) is 11.9. The van der Waals surface area contributed by atoms with E-state index in [0.29, 0.717) is 11.6 Å². The number of amides is 2. The fourth-order valence-corrected chi connectivity index (χ4v) is 4.32. The second-order valence-electron chi connectivity index (χ2n) is 6.75. The molecule has 0 radical (unpaired) electrons. The second kappa shape index (κ2) is 11.5. The van der Waals surface area contributed by atoms with Gasteiger partial charge in [-0.05, 0) is 36.8 Å². The van der Waals surface area contributed by atoms with E-state index in [4.69, 9.17) is 4.74 Å². The van der Waals surface area contributed by atoms with Crippen molar-refractivity contribution in [3.63, 3.8) is 0 Å². The molecule has 0 fully saturated rings. The summed E-state index contributed by atoms with van der Waals surface area (Å²) < 4.78 is 5.38. The lowest BCUT2D eigenvalue weighted by Crippen LogP contribution is -2.14. The highest BCUT2D eigenvalue weighted by molar-refractivity contribution is 8.00. The van der Waals surface area contributed by atoms with Gasteiger partial charge in [-0.2, -0.15) is 0 Å². The lowest BCUT2D eigenvalue weighted by atomic mass is 10.1. The lowest BCUT2D eigenvalue weighted by molar-refractivity contribution is -0.116. The number of carbonyl (C=O) groups is 2. The largest absolute Gasteiger partial charge is 0.496 e. The summed E-state index contributed by atoms with van der Waals surface area (Å²) in [7, 11) is 1.62. The van der Waals surface area contributed by atoms with Crippen LogP contribution in [-0.4, -0.2) is 29.7 Å². The third-order valence-electron chi connectivity index (χ3n) is 4.38. The standard InChI is InChI=1S/C23H25N3O3S2/c1-3-4-12-21(27)24-16-8-7-9-17(13-16)30-15-22(28)26-23-25-19(14-31-23)18-10-5-6-11-20(18)29-2/h5-11,13-14H,3-4,12,15H2,1-2H3,(H,24,27)(H,25,26,28). The monoisotopic (exact) mass is 455 g/mol. The van der Waals surface area contributed by atoms with Crippen LogP contribution in [0.5, 0.6) is 5.75 Å². The Morgan fingerprint density at radius 1 is 1.10 bits per heavy atom. The molecular formula is C23H25N3O3S2. The molecule has 0 saturated carbocycles. The minimum Gasteiger partial charge on any atom is -0.496 e. The number of thioether (sulfide) groups is 1. The summed E-state index contributed by atoms with van der Waals surface area (Å²) in [4.78, 5) is 29.7. The number of anilines is 2. The molecule has 1 aromatic heterocycles. The van der Waals surface area contributed by atoms with Crippen LogP contribution in [0.15, 0.2) is 58.8 Å². The van der Waals surface area contributed by atoms with E-state index in [1.807, 2.05) is 53.9 Å². The Morgan fingerprint density at radius 2 is 1.94 bits per heavy atom. The van der Waals surface area contributed by atoms with Crippen LogP contribution >= 0.6 is 23.1 Å². The Bertz CT molecular complexity index is 1040. The van der Waals surface area contributed by atoms with Gasteiger partial charge in [-0.3, -0.25) is 9.59 Å². The summed E-state index contributed by atoms with van der Waals surface area (Å²) in [6.07, 6.45) is 2.37. The molecule has 0 aliphatic rings. The molecule has 3 rings (SSSR count). The van der Waals surface area contributed by atoms with Gasteiger partial charge in [0.25, 0.3) is 0 Å². The average molecular weight is 456 g/mol. The molecule has 0 spiro atoms. The third kappa shape index (κ3) is 6.83. The highest BCUT2D eigenvalue weighted by atomic mass is 32.2. The van der Waals surface area contributed by atoms with Gasteiger partial charge in [0.15, 0.2) is 5.13 Å². The molecule has 2 amide bonds. The van der Waals surface area contributed by atoms with Gasteiger partial charge in [-0.15, -0.1) is 23.1 Å². The number of hydrogen-bond donors (Lipinski definition) is 2.